The second-order valence-electron chi connectivity index (χ2n) is 5.30. The van der Waals surface area contributed by atoms with Gasteiger partial charge in [0.05, 0.1) is 31.0 Å². The summed E-state index contributed by atoms with van der Waals surface area (Å²) in [5.41, 5.74) is 7.97. The fourth-order valence-corrected chi connectivity index (χ4v) is 2.32. The number of esters is 1. The van der Waals surface area contributed by atoms with Gasteiger partial charge in [-0.25, -0.2) is 4.79 Å². The molecular weight excluding hydrogens is 320 g/mol. The van der Waals surface area contributed by atoms with E-state index in [1.807, 2.05) is 6.92 Å². The molecule has 0 fully saturated rings. The number of nitrogens with two attached hydrogens (primary N) is 1. The third-order valence-corrected chi connectivity index (χ3v) is 3.44. The van der Waals surface area contributed by atoms with Crippen molar-refractivity contribution in [2.24, 2.45) is 0 Å². The largest absolute Gasteiger partial charge is 0.493 e. The molecule has 2 aromatic carbocycles. The Morgan fingerprint density at radius 2 is 1.84 bits per heavy atom. The minimum absolute atomic E-state index is 0.136. The number of nitrogens with one attached hydrogen (secondary N) is 1. The molecule has 0 heterocycles. The second-order valence-corrected chi connectivity index (χ2v) is 5.30. The van der Waals surface area contributed by atoms with Crippen LogP contribution in [0, 0.1) is 0 Å². The van der Waals surface area contributed by atoms with Crippen LogP contribution in [0.25, 0.3) is 0 Å². The van der Waals surface area contributed by atoms with E-state index in [-0.39, 0.29) is 18.9 Å². The van der Waals surface area contributed by atoms with Gasteiger partial charge in [-0.15, -0.1) is 0 Å². The van der Waals surface area contributed by atoms with Gasteiger partial charge in [0.25, 0.3) is 0 Å². The van der Waals surface area contributed by atoms with Crippen LogP contribution < -0.4 is 15.8 Å². The van der Waals surface area contributed by atoms with Crippen molar-refractivity contribution in [3.05, 3.63) is 53.6 Å². The molecule has 6 heteroatoms. The smallest absolute Gasteiger partial charge is 0.341 e. The topological polar surface area (TPSA) is 90.7 Å². The Hall–Kier alpha value is -3.02. The van der Waals surface area contributed by atoms with E-state index < -0.39 is 5.97 Å². The maximum Gasteiger partial charge on any atom is 0.341 e. The van der Waals surface area contributed by atoms with E-state index in [1.54, 1.807) is 49.4 Å². The Morgan fingerprint density at radius 3 is 2.52 bits per heavy atom. The van der Waals surface area contributed by atoms with Gasteiger partial charge >= 0.3 is 5.97 Å². The molecule has 2 rings (SSSR count). The van der Waals surface area contributed by atoms with Crippen molar-refractivity contribution in [1.82, 2.24) is 0 Å². The zero-order valence-electron chi connectivity index (χ0n) is 14.4. The Bertz CT molecular complexity index is 759. The molecule has 0 unspecified atom stereocenters. The number of amides is 1. The lowest BCUT2D eigenvalue weighted by atomic mass is 10.1. The Balaban J connectivity index is 2.13. The second kappa shape index (κ2) is 8.73. The molecule has 132 valence electrons. The fourth-order valence-electron chi connectivity index (χ4n) is 2.32. The van der Waals surface area contributed by atoms with Crippen molar-refractivity contribution in [1.29, 1.82) is 0 Å². The highest BCUT2D eigenvalue weighted by Gasteiger charge is 2.15. The van der Waals surface area contributed by atoms with E-state index in [2.05, 4.69) is 5.32 Å². The molecule has 2 aromatic rings. The van der Waals surface area contributed by atoms with E-state index >= 15 is 0 Å². The van der Waals surface area contributed by atoms with Crippen LogP contribution in [-0.2, 0) is 16.0 Å². The summed E-state index contributed by atoms with van der Waals surface area (Å²) < 4.78 is 10.5. The minimum Gasteiger partial charge on any atom is -0.493 e. The van der Waals surface area contributed by atoms with Crippen LogP contribution >= 0.6 is 0 Å². The highest BCUT2D eigenvalue weighted by atomic mass is 16.5. The summed E-state index contributed by atoms with van der Waals surface area (Å²) >= 11 is 0. The van der Waals surface area contributed by atoms with E-state index in [4.69, 9.17) is 15.2 Å². The number of nitrogen functional groups attached to an aromatic ring is 1. The van der Waals surface area contributed by atoms with Crippen molar-refractivity contribution in [3.8, 4) is 5.75 Å². The van der Waals surface area contributed by atoms with Crippen LogP contribution in [-0.4, -0.2) is 25.1 Å². The number of ether oxygens (including phenoxy) is 2. The lowest BCUT2D eigenvalue weighted by Crippen LogP contribution is -2.16. The van der Waals surface area contributed by atoms with Gasteiger partial charge in [0.15, 0.2) is 0 Å². The molecule has 0 aliphatic rings. The van der Waals surface area contributed by atoms with E-state index in [0.29, 0.717) is 29.3 Å². The first kappa shape index (κ1) is 18.3. The van der Waals surface area contributed by atoms with E-state index in [1.165, 1.54) is 0 Å². The number of benzene rings is 2. The zero-order valence-corrected chi connectivity index (χ0v) is 14.4. The fraction of sp³-hybridized carbons (Fsp3) is 0.263. The van der Waals surface area contributed by atoms with Gasteiger partial charge < -0.3 is 20.5 Å². The summed E-state index contributed by atoms with van der Waals surface area (Å²) in [6, 6.07) is 12.1. The van der Waals surface area contributed by atoms with Crippen LogP contribution in [0.3, 0.4) is 0 Å². The van der Waals surface area contributed by atoms with Crippen molar-refractivity contribution in [3.63, 3.8) is 0 Å². The number of carbonyl (C=O) groups excluding carboxylic acids is 2. The number of hydrogen-bond acceptors (Lipinski definition) is 5. The molecule has 0 aliphatic carbocycles. The Morgan fingerprint density at radius 1 is 1.08 bits per heavy atom. The monoisotopic (exact) mass is 342 g/mol. The first-order valence-electron chi connectivity index (χ1n) is 8.12. The molecule has 0 saturated heterocycles. The van der Waals surface area contributed by atoms with Crippen molar-refractivity contribution < 1.29 is 19.1 Å². The molecule has 3 N–H and O–H groups in total. The van der Waals surface area contributed by atoms with Crippen LogP contribution in [0.2, 0.25) is 0 Å². The predicted molar refractivity (Wildman–Crippen MR) is 96.8 cm³/mol. The molecule has 0 aliphatic heterocycles. The summed E-state index contributed by atoms with van der Waals surface area (Å²) in [7, 11) is 0. The van der Waals surface area contributed by atoms with Gasteiger partial charge in [-0.1, -0.05) is 18.2 Å². The van der Waals surface area contributed by atoms with E-state index in [0.717, 1.165) is 5.56 Å². The Kier molecular flexibility index (Phi) is 6.39. The van der Waals surface area contributed by atoms with Gasteiger partial charge in [0.2, 0.25) is 5.91 Å². The summed E-state index contributed by atoms with van der Waals surface area (Å²) in [6.07, 6.45) is 0.136. The maximum atomic E-state index is 12.2. The predicted octanol–water partition coefficient (Wildman–Crippen LogP) is 3.03. The van der Waals surface area contributed by atoms with Gasteiger partial charge in [0, 0.05) is 0 Å². The molecule has 0 bridgehead atoms. The number of hydrogen-bond donors (Lipinski definition) is 2. The molecule has 6 nitrogen and oxygen atoms in total. The number of rotatable bonds is 7. The SMILES string of the molecule is CCOC(=O)c1ccc(CC(=O)Nc2ccccc2N)cc1OCC. The summed E-state index contributed by atoms with van der Waals surface area (Å²) in [5, 5.41) is 2.77. The molecule has 0 atom stereocenters. The molecule has 0 saturated carbocycles. The normalized spacial score (nSPS) is 10.2. The summed E-state index contributed by atoms with van der Waals surface area (Å²) in [4.78, 5) is 24.2. The van der Waals surface area contributed by atoms with Crippen molar-refractivity contribution in [2.75, 3.05) is 24.3 Å². The van der Waals surface area contributed by atoms with Gasteiger partial charge in [-0.05, 0) is 43.7 Å². The first-order valence-corrected chi connectivity index (χ1v) is 8.12. The van der Waals surface area contributed by atoms with Gasteiger partial charge in [-0.3, -0.25) is 4.79 Å². The van der Waals surface area contributed by atoms with Gasteiger partial charge in [-0.2, -0.15) is 0 Å². The third kappa shape index (κ3) is 4.97. The maximum absolute atomic E-state index is 12.2. The molecule has 1 amide bonds. The lowest BCUT2D eigenvalue weighted by Gasteiger charge is -2.12. The highest BCUT2D eigenvalue weighted by molar-refractivity contribution is 5.96. The average molecular weight is 342 g/mol. The number of carbonyl (C=O) groups is 2. The first-order chi connectivity index (χ1) is 12.0. The zero-order chi connectivity index (χ0) is 18.2. The van der Waals surface area contributed by atoms with E-state index in [9.17, 15) is 9.59 Å². The molecule has 0 radical (unpaired) electrons. The van der Waals surface area contributed by atoms with Crippen LogP contribution in [0.1, 0.15) is 29.8 Å². The lowest BCUT2D eigenvalue weighted by molar-refractivity contribution is -0.115. The number of anilines is 2. The third-order valence-electron chi connectivity index (χ3n) is 3.44. The molecule has 25 heavy (non-hydrogen) atoms. The minimum atomic E-state index is -0.445. The standard InChI is InChI=1S/C19H22N2O4/c1-3-24-17-11-13(9-10-14(17)19(23)25-4-2)12-18(22)21-16-8-6-5-7-15(16)20/h5-11H,3-4,12,20H2,1-2H3,(H,21,22). The molecular formula is C19H22N2O4. The summed E-state index contributed by atoms with van der Waals surface area (Å²) in [6.45, 7) is 4.26. The van der Waals surface area contributed by atoms with Crippen molar-refractivity contribution in [2.45, 2.75) is 20.3 Å². The summed E-state index contributed by atoms with van der Waals surface area (Å²) in [5.74, 6) is -0.242. The molecule has 0 aromatic heterocycles. The van der Waals surface area contributed by atoms with Gasteiger partial charge in [0.1, 0.15) is 11.3 Å². The highest BCUT2D eigenvalue weighted by Crippen LogP contribution is 2.23. The Labute approximate surface area is 146 Å². The van der Waals surface area contributed by atoms with Crippen LogP contribution in [0.15, 0.2) is 42.5 Å². The number of para-hydroxylation sites is 2. The average Bonchev–Trinajstić information content (AvgIpc) is 2.57. The quantitative estimate of drug-likeness (QED) is 0.596. The van der Waals surface area contributed by atoms with Crippen molar-refractivity contribution >= 4 is 23.3 Å². The molecule has 0 spiro atoms. The van der Waals surface area contributed by atoms with Crippen LogP contribution in [0.5, 0.6) is 5.75 Å². The van der Waals surface area contributed by atoms with Crippen LogP contribution in [0.4, 0.5) is 11.4 Å².